The lowest BCUT2D eigenvalue weighted by atomic mass is 10.2. The second-order valence-corrected chi connectivity index (χ2v) is 6.11. The molecule has 6 nitrogen and oxygen atoms in total. The molecule has 6 heteroatoms. The number of rotatable bonds is 6. The van der Waals surface area contributed by atoms with E-state index in [0.29, 0.717) is 0 Å². The SMILES string of the molecule is CN(C)c1ccc(CNCc2cnc(N3CCCC3)nc2)cn1. The van der Waals surface area contributed by atoms with Gasteiger partial charge in [-0.15, -0.1) is 0 Å². The Balaban J connectivity index is 1.48. The lowest BCUT2D eigenvalue weighted by molar-refractivity contribution is 0.686. The normalized spacial score (nSPS) is 14.3. The Morgan fingerprint density at radius 2 is 1.61 bits per heavy atom. The van der Waals surface area contributed by atoms with Crippen molar-refractivity contribution >= 4 is 11.8 Å². The molecule has 0 aliphatic carbocycles. The number of hydrogen-bond acceptors (Lipinski definition) is 6. The van der Waals surface area contributed by atoms with Gasteiger partial charge in [0.2, 0.25) is 5.95 Å². The maximum atomic E-state index is 4.47. The van der Waals surface area contributed by atoms with Crippen molar-refractivity contribution < 1.29 is 0 Å². The van der Waals surface area contributed by atoms with Crippen molar-refractivity contribution in [1.29, 1.82) is 0 Å². The van der Waals surface area contributed by atoms with Crippen LogP contribution >= 0.6 is 0 Å². The van der Waals surface area contributed by atoms with E-state index in [9.17, 15) is 0 Å². The maximum absolute atomic E-state index is 4.47. The summed E-state index contributed by atoms with van der Waals surface area (Å²) < 4.78 is 0. The highest BCUT2D eigenvalue weighted by Gasteiger charge is 2.14. The van der Waals surface area contributed by atoms with Crippen LogP contribution in [-0.2, 0) is 13.1 Å². The molecule has 0 unspecified atom stereocenters. The van der Waals surface area contributed by atoms with Crippen molar-refractivity contribution in [3.63, 3.8) is 0 Å². The summed E-state index contributed by atoms with van der Waals surface area (Å²) in [5.41, 5.74) is 2.27. The first-order valence-corrected chi connectivity index (χ1v) is 8.11. The van der Waals surface area contributed by atoms with E-state index in [4.69, 9.17) is 0 Å². The molecule has 1 aliphatic heterocycles. The second kappa shape index (κ2) is 7.37. The molecule has 1 fully saturated rings. The highest BCUT2D eigenvalue weighted by atomic mass is 15.3. The molecule has 2 aromatic heterocycles. The number of hydrogen-bond donors (Lipinski definition) is 1. The quantitative estimate of drug-likeness (QED) is 0.878. The molecule has 1 saturated heterocycles. The highest BCUT2D eigenvalue weighted by molar-refractivity contribution is 5.37. The van der Waals surface area contributed by atoms with E-state index < -0.39 is 0 Å². The topological polar surface area (TPSA) is 57.2 Å². The van der Waals surface area contributed by atoms with Crippen LogP contribution in [0.3, 0.4) is 0 Å². The van der Waals surface area contributed by atoms with Gasteiger partial charge in [0.25, 0.3) is 0 Å². The van der Waals surface area contributed by atoms with E-state index >= 15 is 0 Å². The molecule has 0 spiro atoms. The van der Waals surface area contributed by atoms with Crippen LogP contribution < -0.4 is 15.1 Å². The number of anilines is 2. The Hall–Kier alpha value is -2.21. The van der Waals surface area contributed by atoms with Crippen LogP contribution in [-0.4, -0.2) is 42.1 Å². The first-order chi connectivity index (χ1) is 11.2. The number of nitrogens with one attached hydrogen (secondary N) is 1. The third kappa shape index (κ3) is 4.16. The molecule has 23 heavy (non-hydrogen) atoms. The molecule has 122 valence electrons. The van der Waals surface area contributed by atoms with E-state index in [-0.39, 0.29) is 0 Å². The van der Waals surface area contributed by atoms with Gasteiger partial charge in [0, 0.05) is 64.4 Å². The smallest absolute Gasteiger partial charge is 0.225 e. The molecule has 0 atom stereocenters. The van der Waals surface area contributed by atoms with Crippen LogP contribution in [0.2, 0.25) is 0 Å². The van der Waals surface area contributed by atoms with E-state index in [0.717, 1.165) is 43.5 Å². The summed E-state index contributed by atoms with van der Waals surface area (Å²) in [6.07, 6.45) is 8.23. The summed E-state index contributed by atoms with van der Waals surface area (Å²) in [5.74, 6) is 1.83. The summed E-state index contributed by atoms with van der Waals surface area (Å²) in [7, 11) is 3.98. The molecule has 0 aromatic carbocycles. The Kier molecular flexibility index (Phi) is 5.02. The van der Waals surface area contributed by atoms with Crippen LogP contribution in [0.25, 0.3) is 0 Å². The van der Waals surface area contributed by atoms with Crippen LogP contribution in [0.5, 0.6) is 0 Å². The van der Waals surface area contributed by atoms with Gasteiger partial charge in [-0.1, -0.05) is 6.07 Å². The third-order valence-electron chi connectivity index (χ3n) is 4.01. The van der Waals surface area contributed by atoms with Crippen molar-refractivity contribution in [1.82, 2.24) is 20.3 Å². The van der Waals surface area contributed by atoms with Crippen LogP contribution in [0.15, 0.2) is 30.7 Å². The zero-order chi connectivity index (χ0) is 16.1. The van der Waals surface area contributed by atoms with E-state index in [1.165, 1.54) is 18.4 Å². The van der Waals surface area contributed by atoms with E-state index in [2.05, 4.69) is 31.2 Å². The van der Waals surface area contributed by atoms with Gasteiger partial charge >= 0.3 is 0 Å². The molecule has 0 saturated carbocycles. The Bertz CT molecular complexity index is 602. The molecule has 3 rings (SSSR count). The van der Waals surface area contributed by atoms with Crippen molar-refractivity contribution in [2.75, 3.05) is 37.0 Å². The van der Waals surface area contributed by atoms with Crippen molar-refractivity contribution in [2.45, 2.75) is 25.9 Å². The first kappa shape index (κ1) is 15.7. The summed E-state index contributed by atoms with van der Waals surface area (Å²) in [4.78, 5) is 17.6. The summed E-state index contributed by atoms with van der Waals surface area (Å²) >= 11 is 0. The zero-order valence-electron chi connectivity index (χ0n) is 13.9. The standard InChI is InChI=1S/C17H24N6/c1-22(2)16-6-5-14(11-19-16)9-18-10-15-12-20-17(21-13-15)23-7-3-4-8-23/h5-6,11-13,18H,3-4,7-10H2,1-2H3. The minimum Gasteiger partial charge on any atom is -0.363 e. The summed E-state index contributed by atoms with van der Waals surface area (Å²) in [5, 5.41) is 3.41. The minimum absolute atomic E-state index is 0.760. The van der Waals surface area contributed by atoms with Gasteiger partial charge in [0.1, 0.15) is 5.82 Å². The van der Waals surface area contributed by atoms with Crippen molar-refractivity contribution in [3.8, 4) is 0 Å². The summed E-state index contributed by atoms with van der Waals surface area (Å²) in [6, 6.07) is 4.13. The third-order valence-corrected chi connectivity index (χ3v) is 4.01. The summed E-state index contributed by atoms with van der Waals surface area (Å²) in [6.45, 7) is 3.70. The molecule has 0 amide bonds. The molecule has 0 radical (unpaired) electrons. The van der Waals surface area contributed by atoms with Gasteiger partial charge in [0.05, 0.1) is 0 Å². The Labute approximate surface area is 137 Å². The van der Waals surface area contributed by atoms with E-state index in [1.54, 1.807) is 0 Å². The lowest BCUT2D eigenvalue weighted by Crippen LogP contribution is -2.20. The second-order valence-electron chi connectivity index (χ2n) is 6.11. The van der Waals surface area contributed by atoms with Crippen LogP contribution in [0.4, 0.5) is 11.8 Å². The first-order valence-electron chi connectivity index (χ1n) is 8.11. The fourth-order valence-electron chi connectivity index (χ4n) is 2.66. The van der Waals surface area contributed by atoms with Gasteiger partial charge in [-0.05, 0) is 24.5 Å². The lowest BCUT2D eigenvalue weighted by Gasteiger charge is -2.14. The Morgan fingerprint density at radius 3 is 2.22 bits per heavy atom. The average Bonchev–Trinajstić information content (AvgIpc) is 3.10. The predicted molar refractivity (Wildman–Crippen MR) is 92.6 cm³/mol. The number of pyridine rings is 1. The minimum atomic E-state index is 0.760. The Morgan fingerprint density at radius 1 is 0.957 bits per heavy atom. The molecule has 0 bridgehead atoms. The van der Waals surface area contributed by atoms with Crippen molar-refractivity contribution in [2.24, 2.45) is 0 Å². The molecule has 1 N–H and O–H groups in total. The van der Waals surface area contributed by atoms with Crippen LogP contribution in [0, 0.1) is 0 Å². The number of nitrogens with zero attached hydrogens (tertiary/aromatic N) is 5. The van der Waals surface area contributed by atoms with Gasteiger partial charge < -0.3 is 15.1 Å². The maximum Gasteiger partial charge on any atom is 0.225 e. The van der Waals surface area contributed by atoms with Gasteiger partial charge in [-0.25, -0.2) is 15.0 Å². The largest absolute Gasteiger partial charge is 0.363 e. The van der Waals surface area contributed by atoms with Crippen LogP contribution in [0.1, 0.15) is 24.0 Å². The molecule has 2 aromatic rings. The molecule has 3 heterocycles. The van der Waals surface area contributed by atoms with E-state index in [1.807, 2.05) is 43.7 Å². The zero-order valence-corrected chi connectivity index (χ0v) is 13.9. The monoisotopic (exact) mass is 312 g/mol. The molecule has 1 aliphatic rings. The average molecular weight is 312 g/mol. The van der Waals surface area contributed by atoms with Gasteiger partial charge in [-0.3, -0.25) is 0 Å². The fourth-order valence-corrected chi connectivity index (χ4v) is 2.66. The predicted octanol–water partition coefficient (Wildman–Crippen LogP) is 1.83. The highest BCUT2D eigenvalue weighted by Crippen LogP contribution is 2.14. The fraction of sp³-hybridized carbons (Fsp3) is 0.471. The molecular weight excluding hydrogens is 288 g/mol. The van der Waals surface area contributed by atoms with Gasteiger partial charge in [-0.2, -0.15) is 0 Å². The van der Waals surface area contributed by atoms with Gasteiger partial charge in [0.15, 0.2) is 0 Å². The molecular formula is C17H24N6. The van der Waals surface area contributed by atoms with Crippen molar-refractivity contribution in [3.05, 3.63) is 41.9 Å². The number of aromatic nitrogens is 3.